The third kappa shape index (κ3) is 1.67. The zero-order valence-electron chi connectivity index (χ0n) is 6.07. The number of carbonyl (C=O) groups is 1. The van der Waals surface area contributed by atoms with Crippen LogP contribution in [0.25, 0.3) is 0 Å². The van der Waals surface area contributed by atoms with Gasteiger partial charge in [0.15, 0.2) is 0 Å². The van der Waals surface area contributed by atoms with Crippen LogP contribution in [-0.4, -0.2) is 11.0 Å². The van der Waals surface area contributed by atoms with Crippen molar-refractivity contribution in [1.82, 2.24) is 4.57 Å². The largest absolute Gasteiger partial charge is 0.328 e. The molecule has 1 heterocycles. The molecule has 11 heavy (non-hydrogen) atoms. The van der Waals surface area contributed by atoms with E-state index in [9.17, 15) is 9.59 Å². The van der Waals surface area contributed by atoms with Crippen LogP contribution in [0.1, 0.15) is 0 Å². The average molecular weight is 152 g/mol. The minimum Gasteiger partial charge on any atom is -0.328 e. The van der Waals surface area contributed by atoms with Crippen LogP contribution in [-0.2, 0) is 11.8 Å². The summed E-state index contributed by atoms with van der Waals surface area (Å²) in [5.41, 5.74) is 0.375. The van der Waals surface area contributed by atoms with Gasteiger partial charge in [0.05, 0.1) is 0 Å². The van der Waals surface area contributed by atoms with Gasteiger partial charge in [-0.1, -0.05) is 0 Å². The Morgan fingerprint density at radius 3 is 2.91 bits per heavy atom. The van der Waals surface area contributed by atoms with Gasteiger partial charge in [-0.2, -0.15) is 0 Å². The highest BCUT2D eigenvalue weighted by Crippen LogP contribution is 1.98. The fraction of sp³-hybridized carbons (Fsp3) is 0.143. The third-order valence-electron chi connectivity index (χ3n) is 1.33. The summed E-state index contributed by atoms with van der Waals surface area (Å²) in [6, 6.07) is 3.00. The van der Waals surface area contributed by atoms with Gasteiger partial charge in [0.1, 0.15) is 0 Å². The molecule has 0 radical (unpaired) electrons. The molecule has 0 saturated carbocycles. The minimum atomic E-state index is -0.142. The topological polar surface area (TPSA) is 51.1 Å². The summed E-state index contributed by atoms with van der Waals surface area (Å²) in [6.45, 7) is 0. The predicted octanol–water partition coefficient (Wildman–Crippen LogP) is -0.0464. The van der Waals surface area contributed by atoms with E-state index in [0.29, 0.717) is 12.1 Å². The summed E-state index contributed by atoms with van der Waals surface area (Å²) < 4.78 is 1.43. The van der Waals surface area contributed by atoms with Crippen LogP contribution >= 0.6 is 0 Å². The maximum atomic E-state index is 10.9. The highest BCUT2D eigenvalue weighted by Gasteiger charge is 1.91. The number of hydrogen-bond donors (Lipinski definition) is 1. The van der Waals surface area contributed by atoms with Gasteiger partial charge in [-0.3, -0.25) is 9.59 Å². The summed E-state index contributed by atoms with van der Waals surface area (Å²) in [5.74, 6) is 0. The molecule has 1 rings (SSSR count). The van der Waals surface area contributed by atoms with Crippen molar-refractivity contribution in [2.45, 2.75) is 0 Å². The van der Waals surface area contributed by atoms with Gasteiger partial charge >= 0.3 is 0 Å². The number of hydrogen-bond acceptors (Lipinski definition) is 2. The Hall–Kier alpha value is -1.58. The Morgan fingerprint density at radius 2 is 2.36 bits per heavy atom. The van der Waals surface area contributed by atoms with E-state index in [-0.39, 0.29) is 5.56 Å². The molecule has 1 N–H and O–H groups in total. The SMILES string of the molecule is Cn1ccc(NC=O)cc1=O. The van der Waals surface area contributed by atoms with E-state index >= 15 is 0 Å². The number of nitrogens with one attached hydrogen (secondary N) is 1. The van der Waals surface area contributed by atoms with E-state index in [1.54, 1.807) is 19.3 Å². The monoisotopic (exact) mass is 152 g/mol. The van der Waals surface area contributed by atoms with Crippen molar-refractivity contribution >= 4 is 12.1 Å². The molecule has 4 nitrogen and oxygen atoms in total. The quantitative estimate of drug-likeness (QED) is 0.604. The third-order valence-corrected chi connectivity index (χ3v) is 1.33. The van der Waals surface area contributed by atoms with Crippen LogP contribution in [0.4, 0.5) is 5.69 Å². The van der Waals surface area contributed by atoms with Gasteiger partial charge in [0, 0.05) is 25.0 Å². The van der Waals surface area contributed by atoms with Gasteiger partial charge in [-0.15, -0.1) is 0 Å². The second kappa shape index (κ2) is 3.01. The molecule has 0 atom stereocenters. The molecule has 0 spiro atoms. The Bertz CT molecular complexity index is 316. The van der Waals surface area contributed by atoms with Crippen molar-refractivity contribution in [3.8, 4) is 0 Å². The predicted molar refractivity (Wildman–Crippen MR) is 41.4 cm³/mol. The molecule has 4 heteroatoms. The highest BCUT2D eigenvalue weighted by molar-refractivity contribution is 5.70. The van der Waals surface area contributed by atoms with Crippen molar-refractivity contribution < 1.29 is 4.79 Å². The van der Waals surface area contributed by atoms with E-state index < -0.39 is 0 Å². The van der Waals surface area contributed by atoms with Crippen molar-refractivity contribution in [2.75, 3.05) is 5.32 Å². The molecule has 0 aliphatic carbocycles. The summed E-state index contributed by atoms with van der Waals surface area (Å²) in [5, 5.41) is 2.38. The zero-order chi connectivity index (χ0) is 8.27. The molecular weight excluding hydrogens is 144 g/mol. The molecule has 0 aliphatic rings. The minimum absolute atomic E-state index is 0.142. The standard InChI is InChI=1S/C7H8N2O2/c1-9-3-2-6(8-5-10)4-7(9)11/h2-5H,1H3,(H,8,10). The zero-order valence-corrected chi connectivity index (χ0v) is 6.07. The molecule has 0 fully saturated rings. The lowest BCUT2D eigenvalue weighted by molar-refractivity contribution is -0.105. The lowest BCUT2D eigenvalue weighted by Gasteiger charge is -1.98. The molecule has 0 saturated heterocycles. The first-order chi connectivity index (χ1) is 5.24. The van der Waals surface area contributed by atoms with Crippen molar-refractivity contribution in [3.63, 3.8) is 0 Å². The number of aromatic nitrogens is 1. The number of nitrogens with zero attached hydrogens (tertiary/aromatic N) is 1. The molecule has 1 aromatic heterocycles. The number of aryl methyl sites for hydroxylation is 1. The fourth-order valence-corrected chi connectivity index (χ4v) is 0.706. The Labute approximate surface area is 63.5 Å². The molecular formula is C7H8N2O2. The summed E-state index contributed by atoms with van der Waals surface area (Å²) in [7, 11) is 1.65. The second-order valence-corrected chi connectivity index (χ2v) is 2.13. The average Bonchev–Trinajstić information content (AvgIpc) is 1.98. The van der Waals surface area contributed by atoms with Crippen LogP contribution in [0, 0.1) is 0 Å². The molecule has 0 aliphatic heterocycles. The molecule has 1 aromatic rings. The van der Waals surface area contributed by atoms with E-state index in [4.69, 9.17) is 0 Å². The van der Waals surface area contributed by atoms with Gasteiger partial charge in [-0.05, 0) is 6.07 Å². The Balaban J connectivity index is 3.05. The smallest absolute Gasteiger partial charge is 0.252 e. The Kier molecular flexibility index (Phi) is 2.06. The van der Waals surface area contributed by atoms with Crippen LogP contribution < -0.4 is 10.9 Å². The van der Waals surface area contributed by atoms with Gasteiger partial charge in [0.2, 0.25) is 6.41 Å². The molecule has 0 bridgehead atoms. The summed E-state index contributed by atoms with van der Waals surface area (Å²) in [4.78, 5) is 20.9. The van der Waals surface area contributed by atoms with Gasteiger partial charge in [0.25, 0.3) is 5.56 Å². The van der Waals surface area contributed by atoms with Crippen LogP contribution in [0.2, 0.25) is 0 Å². The molecule has 58 valence electrons. The van der Waals surface area contributed by atoms with Crippen molar-refractivity contribution in [1.29, 1.82) is 0 Å². The van der Waals surface area contributed by atoms with Crippen LogP contribution in [0.5, 0.6) is 0 Å². The van der Waals surface area contributed by atoms with Crippen LogP contribution in [0.3, 0.4) is 0 Å². The normalized spacial score (nSPS) is 9.18. The van der Waals surface area contributed by atoms with E-state index in [2.05, 4.69) is 5.32 Å². The van der Waals surface area contributed by atoms with Crippen molar-refractivity contribution in [3.05, 3.63) is 28.7 Å². The van der Waals surface area contributed by atoms with Gasteiger partial charge in [-0.25, -0.2) is 0 Å². The van der Waals surface area contributed by atoms with E-state index in [1.165, 1.54) is 10.6 Å². The number of pyridine rings is 1. The maximum absolute atomic E-state index is 10.9. The highest BCUT2D eigenvalue weighted by atomic mass is 16.1. The van der Waals surface area contributed by atoms with Crippen molar-refractivity contribution in [2.24, 2.45) is 7.05 Å². The maximum Gasteiger partial charge on any atom is 0.252 e. The molecule has 0 unspecified atom stereocenters. The number of carbonyl (C=O) groups excluding carboxylic acids is 1. The summed E-state index contributed by atoms with van der Waals surface area (Å²) >= 11 is 0. The number of amides is 1. The second-order valence-electron chi connectivity index (χ2n) is 2.13. The number of rotatable bonds is 2. The number of anilines is 1. The van der Waals surface area contributed by atoms with E-state index in [1.807, 2.05) is 0 Å². The first kappa shape index (κ1) is 7.53. The Morgan fingerprint density at radius 1 is 1.64 bits per heavy atom. The summed E-state index contributed by atoms with van der Waals surface area (Å²) in [6.07, 6.45) is 2.13. The van der Waals surface area contributed by atoms with Crippen LogP contribution in [0.15, 0.2) is 23.1 Å². The fourth-order valence-electron chi connectivity index (χ4n) is 0.706. The molecule has 1 amide bonds. The van der Waals surface area contributed by atoms with E-state index in [0.717, 1.165) is 0 Å². The lowest BCUT2D eigenvalue weighted by atomic mass is 10.4. The molecule has 0 aromatic carbocycles. The lowest BCUT2D eigenvalue weighted by Crippen LogP contribution is -2.15. The first-order valence-corrected chi connectivity index (χ1v) is 3.11. The first-order valence-electron chi connectivity index (χ1n) is 3.11. The van der Waals surface area contributed by atoms with Gasteiger partial charge < -0.3 is 9.88 Å².